The van der Waals surface area contributed by atoms with E-state index in [4.69, 9.17) is 5.73 Å². The van der Waals surface area contributed by atoms with Gasteiger partial charge in [-0.1, -0.05) is 42.5 Å². The van der Waals surface area contributed by atoms with Crippen molar-refractivity contribution in [3.63, 3.8) is 0 Å². The van der Waals surface area contributed by atoms with Crippen LogP contribution in [0.3, 0.4) is 0 Å². The molecule has 0 radical (unpaired) electrons. The zero-order valence-electron chi connectivity index (χ0n) is 14.5. The predicted octanol–water partition coefficient (Wildman–Crippen LogP) is 4.08. The van der Waals surface area contributed by atoms with Gasteiger partial charge < -0.3 is 10.3 Å². The van der Waals surface area contributed by atoms with E-state index in [2.05, 4.69) is 69.1 Å². The van der Waals surface area contributed by atoms with Crippen LogP contribution in [0.4, 0.5) is 5.82 Å². The zero-order chi connectivity index (χ0) is 17.5. The van der Waals surface area contributed by atoms with Gasteiger partial charge in [-0.2, -0.15) is 0 Å². The van der Waals surface area contributed by atoms with Gasteiger partial charge in [-0.25, -0.2) is 9.97 Å². The summed E-state index contributed by atoms with van der Waals surface area (Å²) in [6.45, 7) is 0. The van der Waals surface area contributed by atoms with E-state index in [1.54, 1.807) is 6.33 Å². The summed E-state index contributed by atoms with van der Waals surface area (Å²) in [4.78, 5) is 8.75. The molecule has 2 aromatic carbocycles. The van der Waals surface area contributed by atoms with Crippen molar-refractivity contribution >= 4 is 16.9 Å². The molecular formula is C22H20N4. The van der Waals surface area contributed by atoms with Gasteiger partial charge in [0.1, 0.15) is 11.8 Å². The predicted molar refractivity (Wildman–Crippen MR) is 105 cm³/mol. The Morgan fingerprint density at radius 2 is 1.65 bits per heavy atom. The summed E-state index contributed by atoms with van der Waals surface area (Å²) in [5, 5.41) is 0. The van der Waals surface area contributed by atoms with Gasteiger partial charge in [0.15, 0.2) is 5.82 Å². The number of benzene rings is 2. The molecule has 5 rings (SSSR count). The number of aromatic nitrogens is 3. The Bertz CT molecular complexity index is 1080. The third kappa shape index (κ3) is 2.37. The Hall–Kier alpha value is -3.14. The number of nitrogens with two attached hydrogens (primary N) is 1. The van der Waals surface area contributed by atoms with Gasteiger partial charge in [-0.15, -0.1) is 0 Å². The minimum absolute atomic E-state index is 0.553. The molecular weight excluding hydrogens is 320 g/mol. The maximum atomic E-state index is 6.22. The van der Waals surface area contributed by atoms with E-state index >= 15 is 0 Å². The van der Waals surface area contributed by atoms with Crippen LogP contribution in [0, 0.1) is 0 Å². The fourth-order valence-electron chi connectivity index (χ4n) is 4.08. The monoisotopic (exact) mass is 340 g/mol. The van der Waals surface area contributed by atoms with Crippen LogP contribution in [0.15, 0.2) is 60.9 Å². The van der Waals surface area contributed by atoms with Crippen molar-refractivity contribution in [1.82, 2.24) is 14.5 Å². The lowest BCUT2D eigenvalue weighted by molar-refractivity contribution is 0.872. The van der Waals surface area contributed by atoms with Crippen LogP contribution in [0.5, 0.6) is 0 Å². The highest BCUT2D eigenvalue weighted by Gasteiger charge is 2.24. The molecule has 1 aliphatic rings. The average Bonchev–Trinajstić information content (AvgIpc) is 3.25. The Kier molecular flexibility index (Phi) is 3.49. The van der Waals surface area contributed by atoms with Crippen molar-refractivity contribution in [1.29, 1.82) is 0 Å². The molecule has 128 valence electrons. The molecule has 0 atom stereocenters. The molecule has 0 amide bonds. The summed E-state index contributed by atoms with van der Waals surface area (Å²) in [6, 6.07) is 19.3. The van der Waals surface area contributed by atoms with Crippen molar-refractivity contribution in [2.24, 2.45) is 0 Å². The molecule has 0 saturated heterocycles. The standard InChI is InChI=1S/C22H20N4/c23-22-21-20(24-14-25-22)18-7-4-8-19(18)26(21)17-11-9-16(10-12-17)13-15-5-2-1-3-6-15/h1-3,5-6,9-12,14H,4,7-8,13H2,(H2,23,24,25). The maximum absolute atomic E-state index is 6.22. The number of fused-ring (bicyclic) bond motifs is 3. The quantitative estimate of drug-likeness (QED) is 0.611. The van der Waals surface area contributed by atoms with Crippen molar-refractivity contribution in [2.75, 3.05) is 5.73 Å². The highest BCUT2D eigenvalue weighted by atomic mass is 15.1. The molecule has 4 aromatic rings. The highest BCUT2D eigenvalue weighted by Crippen LogP contribution is 2.36. The van der Waals surface area contributed by atoms with Gasteiger partial charge in [-0.05, 0) is 54.5 Å². The second-order valence-corrected chi connectivity index (χ2v) is 6.90. The first-order valence-corrected chi connectivity index (χ1v) is 9.07. The first-order valence-electron chi connectivity index (χ1n) is 9.07. The molecule has 4 heteroatoms. The van der Waals surface area contributed by atoms with Crippen molar-refractivity contribution in [3.05, 3.63) is 83.3 Å². The third-order valence-electron chi connectivity index (χ3n) is 5.26. The summed E-state index contributed by atoms with van der Waals surface area (Å²) in [5.41, 5.74) is 14.6. The zero-order valence-corrected chi connectivity index (χ0v) is 14.5. The van der Waals surface area contributed by atoms with E-state index in [1.165, 1.54) is 28.8 Å². The summed E-state index contributed by atoms with van der Waals surface area (Å²) in [7, 11) is 0. The van der Waals surface area contributed by atoms with Crippen LogP contribution in [0.2, 0.25) is 0 Å². The van der Waals surface area contributed by atoms with Crippen LogP contribution in [-0.4, -0.2) is 14.5 Å². The number of rotatable bonds is 3. The van der Waals surface area contributed by atoms with Crippen molar-refractivity contribution in [2.45, 2.75) is 25.7 Å². The van der Waals surface area contributed by atoms with E-state index < -0.39 is 0 Å². The summed E-state index contributed by atoms with van der Waals surface area (Å²) in [5.74, 6) is 0.553. The molecule has 2 heterocycles. The minimum atomic E-state index is 0.553. The lowest BCUT2D eigenvalue weighted by Gasteiger charge is -2.11. The van der Waals surface area contributed by atoms with Crippen LogP contribution in [0.1, 0.15) is 28.8 Å². The normalized spacial score (nSPS) is 13.2. The third-order valence-corrected chi connectivity index (χ3v) is 5.26. The molecule has 4 nitrogen and oxygen atoms in total. The van der Waals surface area contributed by atoms with Gasteiger partial charge in [0.25, 0.3) is 0 Å². The van der Waals surface area contributed by atoms with Crippen LogP contribution >= 0.6 is 0 Å². The lowest BCUT2D eigenvalue weighted by Crippen LogP contribution is -2.03. The lowest BCUT2D eigenvalue weighted by atomic mass is 10.0. The molecule has 0 fully saturated rings. The molecule has 0 spiro atoms. The Morgan fingerprint density at radius 1 is 0.885 bits per heavy atom. The first-order chi connectivity index (χ1) is 12.8. The van der Waals surface area contributed by atoms with Crippen LogP contribution in [-0.2, 0) is 19.3 Å². The number of hydrogen-bond donors (Lipinski definition) is 1. The van der Waals surface area contributed by atoms with E-state index in [0.29, 0.717) is 5.82 Å². The maximum Gasteiger partial charge on any atom is 0.151 e. The van der Waals surface area contributed by atoms with E-state index in [9.17, 15) is 0 Å². The molecule has 26 heavy (non-hydrogen) atoms. The van der Waals surface area contributed by atoms with Gasteiger partial charge in [0.2, 0.25) is 0 Å². The van der Waals surface area contributed by atoms with Crippen LogP contribution < -0.4 is 5.73 Å². The van der Waals surface area contributed by atoms with Gasteiger partial charge in [0.05, 0.1) is 5.52 Å². The number of nitrogens with zero attached hydrogens (tertiary/aromatic N) is 3. The molecule has 0 unspecified atom stereocenters. The number of aryl methyl sites for hydroxylation is 1. The van der Waals surface area contributed by atoms with Gasteiger partial charge in [-0.3, -0.25) is 0 Å². The number of nitrogen functional groups attached to an aromatic ring is 1. The summed E-state index contributed by atoms with van der Waals surface area (Å²) < 4.78 is 2.26. The SMILES string of the molecule is Nc1ncnc2c3c(n(-c4ccc(Cc5ccccc5)cc4)c12)CCC3. The Morgan fingerprint density at radius 3 is 2.46 bits per heavy atom. The second kappa shape index (κ2) is 5.99. The van der Waals surface area contributed by atoms with E-state index in [1.807, 2.05) is 0 Å². The number of hydrogen-bond acceptors (Lipinski definition) is 3. The molecule has 0 bridgehead atoms. The largest absolute Gasteiger partial charge is 0.382 e. The second-order valence-electron chi connectivity index (χ2n) is 6.90. The highest BCUT2D eigenvalue weighted by molar-refractivity contribution is 5.91. The van der Waals surface area contributed by atoms with E-state index in [0.717, 1.165) is 36.0 Å². The molecule has 1 aliphatic carbocycles. The minimum Gasteiger partial charge on any atom is -0.382 e. The molecule has 0 aliphatic heterocycles. The Labute approximate surface area is 152 Å². The number of anilines is 1. The van der Waals surface area contributed by atoms with Crippen molar-refractivity contribution in [3.8, 4) is 5.69 Å². The van der Waals surface area contributed by atoms with Gasteiger partial charge in [0, 0.05) is 11.4 Å². The van der Waals surface area contributed by atoms with Crippen LogP contribution in [0.25, 0.3) is 16.7 Å². The fourth-order valence-corrected chi connectivity index (χ4v) is 4.08. The topological polar surface area (TPSA) is 56.7 Å². The average molecular weight is 340 g/mol. The Balaban J connectivity index is 1.59. The van der Waals surface area contributed by atoms with Crippen molar-refractivity contribution < 1.29 is 0 Å². The molecule has 0 saturated carbocycles. The summed E-state index contributed by atoms with van der Waals surface area (Å²) >= 11 is 0. The molecule has 2 aromatic heterocycles. The smallest absolute Gasteiger partial charge is 0.151 e. The van der Waals surface area contributed by atoms with E-state index in [-0.39, 0.29) is 0 Å². The molecule has 2 N–H and O–H groups in total. The first kappa shape index (κ1) is 15.1. The fraction of sp³-hybridized carbons (Fsp3) is 0.182. The summed E-state index contributed by atoms with van der Waals surface area (Å²) in [6.07, 6.45) is 5.83. The van der Waals surface area contributed by atoms with Gasteiger partial charge >= 0.3 is 0 Å².